The lowest BCUT2D eigenvalue weighted by Crippen LogP contribution is -2.34. The molecule has 2 N–H and O–H groups in total. The summed E-state index contributed by atoms with van der Waals surface area (Å²) >= 11 is 0. The normalized spacial score (nSPS) is 19.5. The van der Waals surface area contributed by atoms with Crippen molar-refractivity contribution in [3.63, 3.8) is 0 Å². The van der Waals surface area contributed by atoms with Crippen LogP contribution < -0.4 is 5.73 Å². The Morgan fingerprint density at radius 3 is 2.38 bits per heavy atom. The molecule has 16 heavy (non-hydrogen) atoms. The minimum atomic E-state index is -1.60. The van der Waals surface area contributed by atoms with E-state index in [1.807, 2.05) is 0 Å². The molecule has 0 radical (unpaired) electrons. The maximum absolute atomic E-state index is 13.5. The number of nitrogens with zero attached hydrogens (tertiary/aromatic N) is 2. The molecule has 1 aliphatic rings. The lowest BCUT2D eigenvalue weighted by molar-refractivity contribution is 0.155. The molecule has 1 heterocycles. The van der Waals surface area contributed by atoms with Crippen LogP contribution in [0.15, 0.2) is 4.52 Å². The van der Waals surface area contributed by atoms with E-state index in [-0.39, 0.29) is 18.3 Å². The first kappa shape index (κ1) is 13.4. The van der Waals surface area contributed by atoms with Crippen molar-refractivity contribution in [2.24, 2.45) is 5.73 Å². The summed E-state index contributed by atoms with van der Waals surface area (Å²) in [5, 5.41) is 3.79. The first-order valence-electron chi connectivity index (χ1n) is 5.24. The van der Waals surface area contributed by atoms with E-state index in [1.165, 1.54) is 13.8 Å². The molecule has 0 atom stereocenters. The van der Waals surface area contributed by atoms with Crippen molar-refractivity contribution < 1.29 is 8.91 Å². The Hall–Kier alpha value is -0.680. The van der Waals surface area contributed by atoms with E-state index in [4.69, 9.17) is 10.3 Å². The van der Waals surface area contributed by atoms with Gasteiger partial charge in [0.1, 0.15) is 0 Å². The quantitative estimate of drug-likeness (QED) is 0.874. The fourth-order valence-corrected chi connectivity index (χ4v) is 1.90. The summed E-state index contributed by atoms with van der Waals surface area (Å²) in [6.45, 7) is 2.78. The van der Waals surface area contributed by atoms with Crippen LogP contribution in [0, 0.1) is 0 Å². The van der Waals surface area contributed by atoms with Crippen LogP contribution in [-0.2, 0) is 11.2 Å². The lowest BCUT2D eigenvalue weighted by atomic mass is 9.98. The van der Waals surface area contributed by atoms with Gasteiger partial charge in [-0.05, 0) is 26.7 Å². The number of hydrogen-bond donors (Lipinski definition) is 1. The maximum Gasteiger partial charge on any atom is 0.263 e. The number of alkyl halides is 1. The van der Waals surface area contributed by atoms with Gasteiger partial charge < -0.3 is 10.3 Å². The van der Waals surface area contributed by atoms with Gasteiger partial charge in [-0.2, -0.15) is 4.98 Å². The number of hydrogen-bond acceptors (Lipinski definition) is 4. The Balaban J connectivity index is 0.00000128. The molecule has 1 aromatic rings. The Labute approximate surface area is 100 Å². The van der Waals surface area contributed by atoms with Crippen molar-refractivity contribution in [1.29, 1.82) is 0 Å². The van der Waals surface area contributed by atoms with Crippen LogP contribution in [0.4, 0.5) is 4.39 Å². The predicted molar refractivity (Wildman–Crippen MR) is 60.0 cm³/mol. The van der Waals surface area contributed by atoms with E-state index >= 15 is 0 Å². The first-order valence-corrected chi connectivity index (χ1v) is 5.24. The largest absolute Gasteiger partial charge is 0.336 e. The number of aromatic nitrogens is 2. The molecule has 0 amide bonds. The monoisotopic (exact) mass is 249 g/mol. The highest BCUT2D eigenvalue weighted by Crippen LogP contribution is 2.35. The molecule has 2 rings (SSSR count). The molecular formula is C10H17ClFN3O. The molecular weight excluding hydrogens is 233 g/mol. The molecule has 6 heteroatoms. The fraction of sp³-hybridized carbons (Fsp3) is 0.800. The fourth-order valence-electron chi connectivity index (χ4n) is 1.90. The zero-order valence-corrected chi connectivity index (χ0v) is 10.3. The van der Waals surface area contributed by atoms with Gasteiger partial charge >= 0.3 is 0 Å². The molecule has 0 aromatic carbocycles. The highest BCUT2D eigenvalue weighted by Gasteiger charge is 2.38. The van der Waals surface area contributed by atoms with Gasteiger partial charge in [0.2, 0.25) is 0 Å². The smallest absolute Gasteiger partial charge is 0.263 e. The standard InChI is InChI=1S/C10H16FN3O.ClH/c1-9(2,11)8-13-7(14-15-8)10(12)5-3-4-6-10;/h3-6,12H2,1-2H3;1H. The summed E-state index contributed by atoms with van der Waals surface area (Å²) in [6.07, 6.45) is 3.83. The molecule has 4 nitrogen and oxygen atoms in total. The van der Waals surface area contributed by atoms with Gasteiger partial charge in [-0.25, -0.2) is 4.39 Å². The van der Waals surface area contributed by atoms with E-state index in [0.717, 1.165) is 25.7 Å². The third-order valence-corrected chi connectivity index (χ3v) is 2.88. The van der Waals surface area contributed by atoms with E-state index in [1.54, 1.807) is 0 Å². The predicted octanol–water partition coefficient (Wildman–Crippen LogP) is 2.42. The van der Waals surface area contributed by atoms with Crippen molar-refractivity contribution in [2.75, 3.05) is 0 Å². The van der Waals surface area contributed by atoms with E-state index in [0.29, 0.717) is 5.82 Å². The van der Waals surface area contributed by atoms with Crippen LogP contribution >= 0.6 is 12.4 Å². The molecule has 1 saturated carbocycles. The molecule has 1 aliphatic carbocycles. The summed E-state index contributed by atoms with van der Waals surface area (Å²) in [4.78, 5) is 4.06. The lowest BCUT2D eigenvalue weighted by Gasteiger charge is -2.17. The van der Waals surface area contributed by atoms with Gasteiger partial charge in [-0.1, -0.05) is 18.0 Å². The molecule has 1 aromatic heterocycles. The van der Waals surface area contributed by atoms with E-state index in [2.05, 4.69) is 10.1 Å². The molecule has 1 fully saturated rings. The zero-order valence-electron chi connectivity index (χ0n) is 9.49. The molecule has 0 saturated heterocycles. The van der Waals surface area contributed by atoms with Gasteiger partial charge in [-0.15, -0.1) is 12.4 Å². The van der Waals surface area contributed by atoms with Crippen molar-refractivity contribution in [1.82, 2.24) is 10.1 Å². The Bertz CT molecular complexity index is 355. The van der Waals surface area contributed by atoms with Crippen LogP contribution in [0.2, 0.25) is 0 Å². The minimum absolute atomic E-state index is 0. The topological polar surface area (TPSA) is 64.9 Å². The second-order valence-electron chi connectivity index (χ2n) is 4.76. The van der Waals surface area contributed by atoms with E-state index < -0.39 is 11.2 Å². The second-order valence-corrected chi connectivity index (χ2v) is 4.76. The average molecular weight is 250 g/mol. The third kappa shape index (κ3) is 2.35. The number of halogens is 2. The van der Waals surface area contributed by atoms with Crippen molar-refractivity contribution in [3.8, 4) is 0 Å². The van der Waals surface area contributed by atoms with Gasteiger partial charge in [0.05, 0.1) is 5.54 Å². The van der Waals surface area contributed by atoms with Crippen molar-refractivity contribution in [3.05, 3.63) is 11.7 Å². The Morgan fingerprint density at radius 2 is 1.94 bits per heavy atom. The van der Waals surface area contributed by atoms with E-state index in [9.17, 15) is 4.39 Å². The number of nitrogens with two attached hydrogens (primary N) is 1. The average Bonchev–Trinajstić information content (AvgIpc) is 2.69. The first-order chi connectivity index (χ1) is 6.92. The highest BCUT2D eigenvalue weighted by atomic mass is 35.5. The number of rotatable bonds is 2. The molecule has 92 valence electrons. The van der Waals surface area contributed by atoms with Crippen LogP contribution in [0.1, 0.15) is 51.2 Å². The van der Waals surface area contributed by atoms with Crippen molar-refractivity contribution >= 4 is 12.4 Å². The molecule has 0 unspecified atom stereocenters. The van der Waals surface area contributed by atoms with Crippen LogP contribution in [0.25, 0.3) is 0 Å². The molecule has 0 bridgehead atoms. The third-order valence-electron chi connectivity index (χ3n) is 2.88. The van der Waals surface area contributed by atoms with Gasteiger partial charge in [0, 0.05) is 0 Å². The highest BCUT2D eigenvalue weighted by molar-refractivity contribution is 5.85. The second kappa shape index (κ2) is 4.30. The minimum Gasteiger partial charge on any atom is -0.336 e. The Kier molecular flexibility index (Phi) is 3.59. The van der Waals surface area contributed by atoms with Crippen LogP contribution in [0.3, 0.4) is 0 Å². The summed E-state index contributed by atoms with van der Waals surface area (Å²) in [5.41, 5.74) is 4.03. The summed E-state index contributed by atoms with van der Waals surface area (Å²) in [5.74, 6) is 0.454. The summed E-state index contributed by atoms with van der Waals surface area (Å²) < 4.78 is 18.4. The Morgan fingerprint density at radius 1 is 1.38 bits per heavy atom. The van der Waals surface area contributed by atoms with Gasteiger partial charge in [0.25, 0.3) is 5.89 Å². The summed E-state index contributed by atoms with van der Waals surface area (Å²) in [7, 11) is 0. The molecule has 0 aliphatic heterocycles. The zero-order chi connectivity index (χ0) is 11.1. The summed E-state index contributed by atoms with van der Waals surface area (Å²) in [6, 6.07) is 0. The van der Waals surface area contributed by atoms with Crippen LogP contribution in [-0.4, -0.2) is 10.1 Å². The van der Waals surface area contributed by atoms with Crippen molar-refractivity contribution in [2.45, 2.75) is 50.7 Å². The molecule has 0 spiro atoms. The maximum atomic E-state index is 13.5. The SMILES string of the molecule is CC(C)(F)c1nc(C2(N)CCCC2)no1.Cl. The van der Waals surface area contributed by atoms with Gasteiger partial charge in [0.15, 0.2) is 11.5 Å². The van der Waals surface area contributed by atoms with Gasteiger partial charge in [-0.3, -0.25) is 0 Å². The van der Waals surface area contributed by atoms with Crippen LogP contribution in [0.5, 0.6) is 0 Å².